The van der Waals surface area contributed by atoms with Gasteiger partial charge >= 0.3 is 0 Å². The van der Waals surface area contributed by atoms with Crippen molar-refractivity contribution in [3.05, 3.63) is 24.1 Å². The Morgan fingerprint density at radius 1 is 1.00 bits per heavy atom. The summed E-state index contributed by atoms with van der Waals surface area (Å²) < 4.78 is 21.4. The number of rotatable bonds is 0. The Hall–Kier alpha value is -0.840. The molecule has 0 saturated heterocycles. The van der Waals surface area contributed by atoms with E-state index in [9.17, 15) is 8.78 Å². The summed E-state index contributed by atoms with van der Waals surface area (Å²) in [5.74, 6) is 0. The molecule has 0 N–H and O–H groups in total. The van der Waals surface area contributed by atoms with Crippen molar-refractivity contribution >= 4 is 0 Å². The van der Waals surface area contributed by atoms with Crippen LogP contribution in [-0.4, -0.2) is 0 Å². The summed E-state index contributed by atoms with van der Waals surface area (Å²) in [4.78, 5) is 0. The summed E-state index contributed by atoms with van der Waals surface area (Å²) in [5, 5.41) is 0. The third-order valence-corrected chi connectivity index (χ3v) is 0.192. The molecule has 0 aliphatic carbocycles. The van der Waals surface area contributed by atoms with Crippen LogP contribution in [0.25, 0.3) is 0 Å². The van der Waals surface area contributed by atoms with Crippen LogP contribution < -0.4 is 0 Å². The number of hydrogen-bond donors (Lipinski definition) is 0. The molecule has 0 aromatic rings. The van der Waals surface area contributed by atoms with E-state index in [0.29, 0.717) is 0 Å². The molecule has 0 nitrogen and oxygen atoms in total. The summed E-state index contributed by atoms with van der Waals surface area (Å²) in [7, 11) is 0. The molecule has 0 spiro atoms. The van der Waals surface area contributed by atoms with Crippen LogP contribution in [0.5, 0.6) is 0 Å². The zero-order chi connectivity index (χ0) is 4.83. The first kappa shape index (κ1) is 5.16. The van der Waals surface area contributed by atoms with Gasteiger partial charge in [-0.3, -0.25) is 0 Å². The predicted molar refractivity (Wildman–Crippen MR) is 18.4 cm³/mol. The van der Waals surface area contributed by atoms with Gasteiger partial charge in [-0.15, -0.1) is 0 Å². The minimum Gasteiger partial charge on any atom is -0.206 e. The molecule has 0 aromatic carbocycles. The Morgan fingerprint density at radius 2 is 1.33 bits per heavy atom. The van der Waals surface area contributed by atoms with Crippen molar-refractivity contribution in [3.8, 4) is 0 Å². The van der Waals surface area contributed by atoms with E-state index in [2.05, 4.69) is 0 Å². The molecule has 0 bridgehead atoms. The highest BCUT2D eigenvalue weighted by molar-refractivity contribution is 4.75. The molecule has 0 atom stereocenters. The van der Waals surface area contributed by atoms with Crippen molar-refractivity contribution in [1.29, 1.82) is 0 Å². The average molecular weight is 88.1 g/mol. The SMILES string of the molecule is FC=C=C=CF. The second-order valence-corrected chi connectivity index (χ2v) is 0.507. The predicted octanol–water partition coefficient (Wildman–Crippen LogP) is 1.71. The van der Waals surface area contributed by atoms with Gasteiger partial charge in [-0.25, -0.2) is 8.78 Å². The average Bonchev–Trinajstić information content (AvgIpc) is 1.61. The molecule has 0 radical (unpaired) electrons. The first-order chi connectivity index (χ1) is 2.91. The summed E-state index contributed by atoms with van der Waals surface area (Å²) in [6.07, 6.45) is 0.159. The second-order valence-electron chi connectivity index (χ2n) is 0.507. The molecule has 0 saturated carbocycles. The highest BCUT2D eigenvalue weighted by Crippen LogP contribution is 1.63. The van der Waals surface area contributed by atoms with E-state index in [0.717, 1.165) is 0 Å². The van der Waals surface area contributed by atoms with E-state index in [1.807, 2.05) is 0 Å². The lowest BCUT2D eigenvalue weighted by atomic mass is 10.8. The van der Waals surface area contributed by atoms with Crippen LogP contribution in [0.4, 0.5) is 8.78 Å². The van der Waals surface area contributed by atoms with Crippen LogP contribution in [-0.2, 0) is 0 Å². The van der Waals surface area contributed by atoms with Crippen LogP contribution >= 0.6 is 0 Å². The standard InChI is InChI=1S/C4H2F2/c5-3-1-2-4-6/h3-4H. The van der Waals surface area contributed by atoms with Crippen LogP contribution in [0.2, 0.25) is 0 Å². The minimum atomic E-state index is 0.0794. The normalized spacial score (nSPS) is 5.00. The molecule has 0 amide bonds. The molecule has 0 aromatic heterocycles. The van der Waals surface area contributed by atoms with Gasteiger partial charge in [-0.2, -0.15) is 0 Å². The van der Waals surface area contributed by atoms with Gasteiger partial charge in [-0.1, -0.05) is 0 Å². The van der Waals surface area contributed by atoms with Gasteiger partial charge in [0.2, 0.25) is 0 Å². The minimum absolute atomic E-state index is 0.0794. The third-order valence-electron chi connectivity index (χ3n) is 0.192. The Kier molecular flexibility index (Phi) is 3.58. The van der Waals surface area contributed by atoms with Crippen molar-refractivity contribution in [1.82, 2.24) is 0 Å². The smallest absolute Gasteiger partial charge is 0.137 e. The van der Waals surface area contributed by atoms with Gasteiger partial charge in [0.25, 0.3) is 0 Å². The van der Waals surface area contributed by atoms with Crippen LogP contribution in [0.3, 0.4) is 0 Å². The van der Waals surface area contributed by atoms with Crippen LogP contribution in [0, 0.1) is 0 Å². The molecular formula is C4H2F2. The maximum absolute atomic E-state index is 10.7. The highest BCUT2D eigenvalue weighted by Gasteiger charge is 1.42. The molecule has 0 fully saturated rings. The molecule has 32 valence electrons. The zero-order valence-electron chi connectivity index (χ0n) is 2.91. The van der Waals surface area contributed by atoms with Gasteiger partial charge in [0, 0.05) is 0 Å². The number of halogens is 2. The third kappa shape index (κ3) is 3.16. The Bertz CT molecular complexity index is 88.7. The fraction of sp³-hybridized carbons (Fsp3) is 0. The molecule has 0 unspecified atom stereocenters. The van der Waals surface area contributed by atoms with Crippen molar-refractivity contribution in [2.75, 3.05) is 0 Å². The zero-order valence-corrected chi connectivity index (χ0v) is 2.91. The topological polar surface area (TPSA) is 0 Å². The van der Waals surface area contributed by atoms with Gasteiger partial charge in [0.1, 0.15) is 12.7 Å². The monoisotopic (exact) mass is 88.0 g/mol. The number of hydrogen-bond acceptors (Lipinski definition) is 0. The maximum atomic E-state index is 10.7. The van der Waals surface area contributed by atoms with Crippen LogP contribution in [0.1, 0.15) is 0 Å². The van der Waals surface area contributed by atoms with Gasteiger partial charge in [-0.05, 0) is 11.5 Å². The van der Waals surface area contributed by atoms with Gasteiger partial charge in [0.15, 0.2) is 0 Å². The summed E-state index contributed by atoms with van der Waals surface area (Å²) >= 11 is 0. The molecule has 6 heavy (non-hydrogen) atoms. The largest absolute Gasteiger partial charge is 0.206 e. The highest BCUT2D eigenvalue weighted by atomic mass is 19.1. The Labute approximate surface area is 34.1 Å². The second kappa shape index (κ2) is 4.16. The van der Waals surface area contributed by atoms with Gasteiger partial charge < -0.3 is 0 Å². The van der Waals surface area contributed by atoms with E-state index in [4.69, 9.17) is 0 Å². The quantitative estimate of drug-likeness (QED) is 0.395. The molecule has 0 rings (SSSR count). The van der Waals surface area contributed by atoms with Crippen molar-refractivity contribution in [2.24, 2.45) is 0 Å². The van der Waals surface area contributed by atoms with Gasteiger partial charge in [0.05, 0.1) is 0 Å². The lowest BCUT2D eigenvalue weighted by molar-refractivity contribution is 0.717. The van der Waals surface area contributed by atoms with E-state index >= 15 is 0 Å². The fourth-order valence-electron chi connectivity index (χ4n) is 0.0630. The van der Waals surface area contributed by atoms with E-state index < -0.39 is 0 Å². The first-order valence-corrected chi connectivity index (χ1v) is 1.26. The molecule has 0 aliphatic heterocycles. The summed E-state index contributed by atoms with van der Waals surface area (Å²) in [6.45, 7) is 0. The van der Waals surface area contributed by atoms with Crippen LogP contribution in [0.15, 0.2) is 24.1 Å². The fourth-order valence-corrected chi connectivity index (χ4v) is 0.0630. The summed E-state index contributed by atoms with van der Waals surface area (Å²) in [6, 6.07) is 0. The Morgan fingerprint density at radius 3 is 1.50 bits per heavy atom. The van der Waals surface area contributed by atoms with E-state index in [1.54, 1.807) is 11.5 Å². The van der Waals surface area contributed by atoms with Crippen molar-refractivity contribution in [2.45, 2.75) is 0 Å². The Balaban J connectivity index is 3.79. The lowest BCUT2D eigenvalue weighted by Crippen LogP contribution is -1.21. The maximum Gasteiger partial charge on any atom is 0.137 e. The lowest BCUT2D eigenvalue weighted by Gasteiger charge is -1.42. The van der Waals surface area contributed by atoms with Crippen molar-refractivity contribution < 1.29 is 8.78 Å². The molecule has 2 heteroatoms. The van der Waals surface area contributed by atoms with E-state index in [1.165, 1.54) is 0 Å². The van der Waals surface area contributed by atoms with Crippen molar-refractivity contribution in [3.63, 3.8) is 0 Å². The summed E-state index contributed by atoms with van der Waals surface area (Å²) in [5.41, 5.74) is 3.45. The molecule has 0 heterocycles. The molecule has 0 aliphatic rings. The molecular weight excluding hydrogens is 86.0 g/mol. The first-order valence-electron chi connectivity index (χ1n) is 1.26. The van der Waals surface area contributed by atoms with E-state index in [-0.39, 0.29) is 12.7 Å².